The highest BCUT2D eigenvalue weighted by atomic mass is 16.5. The van der Waals surface area contributed by atoms with Gasteiger partial charge in [0.2, 0.25) is 0 Å². The molecule has 0 saturated carbocycles. The first-order chi connectivity index (χ1) is 10.7. The van der Waals surface area contributed by atoms with Gasteiger partial charge in [-0.2, -0.15) is 0 Å². The number of esters is 1. The molecule has 1 saturated heterocycles. The molecule has 1 aliphatic rings. The normalized spacial score (nSPS) is 23.3. The predicted octanol–water partition coefficient (Wildman–Crippen LogP) is 2.18. The molecule has 1 rings (SSSR count). The Balaban J connectivity index is 2.91. The topological polar surface area (TPSA) is 63.7 Å². The molecule has 0 radical (unpaired) electrons. The van der Waals surface area contributed by atoms with Crippen LogP contribution in [0.5, 0.6) is 0 Å². The second-order valence-corrected chi connectivity index (χ2v) is 7.53. The first kappa shape index (κ1) is 19.8. The molecule has 0 spiro atoms. The van der Waals surface area contributed by atoms with Crippen molar-refractivity contribution in [2.45, 2.75) is 40.5 Å². The van der Waals surface area contributed by atoms with Crippen LogP contribution in [0, 0.1) is 29.6 Å². The number of ether oxygens (including phenoxy) is 1. The van der Waals surface area contributed by atoms with Gasteiger partial charge in [-0.3, -0.25) is 14.4 Å². The summed E-state index contributed by atoms with van der Waals surface area (Å²) in [6.45, 7) is 9.14. The van der Waals surface area contributed by atoms with Gasteiger partial charge in [0.25, 0.3) is 0 Å². The molecule has 1 fully saturated rings. The number of nitrogens with zero attached hydrogens (tertiary/aromatic N) is 1. The Kier molecular flexibility index (Phi) is 7.39. The molecule has 132 valence electrons. The fraction of sp³-hybridized carbons (Fsp3) is 0.833. The van der Waals surface area contributed by atoms with E-state index in [1.165, 1.54) is 7.11 Å². The van der Waals surface area contributed by atoms with E-state index in [9.17, 15) is 14.4 Å². The third-order valence-electron chi connectivity index (χ3n) is 4.68. The van der Waals surface area contributed by atoms with Crippen LogP contribution in [0.25, 0.3) is 0 Å². The maximum Gasteiger partial charge on any atom is 0.306 e. The van der Waals surface area contributed by atoms with Crippen LogP contribution in [0.15, 0.2) is 0 Å². The van der Waals surface area contributed by atoms with Gasteiger partial charge in [0.1, 0.15) is 11.6 Å². The summed E-state index contributed by atoms with van der Waals surface area (Å²) in [6.07, 6.45) is 0.601. The minimum atomic E-state index is -0.381. The van der Waals surface area contributed by atoms with Crippen LogP contribution in [-0.2, 0) is 19.1 Å². The summed E-state index contributed by atoms with van der Waals surface area (Å²) < 4.78 is 4.72. The molecule has 5 nitrogen and oxygen atoms in total. The fourth-order valence-electron chi connectivity index (χ4n) is 3.37. The smallest absolute Gasteiger partial charge is 0.306 e. The molecule has 0 aliphatic carbocycles. The van der Waals surface area contributed by atoms with Gasteiger partial charge in [0.15, 0.2) is 0 Å². The monoisotopic (exact) mass is 325 g/mol. The molecule has 0 N–H and O–H groups in total. The number of carbonyl (C=O) groups excluding carboxylic acids is 3. The summed E-state index contributed by atoms with van der Waals surface area (Å²) in [5.74, 6) is -0.743. The minimum Gasteiger partial charge on any atom is -0.469 e. The van der Waals surface area contributed by atoms with Crippen molar-refractivity contribution in [1.82, 2.24) is 4.90 Å². The van der Waals surface area contributed by atoms with Gasteiger partial charge in [-0.25, -0.2) is 0 Å². The van der Waals surface area contributed by atoms with E-state index in [0.29, 0.717) is 25.4 Å². The van der Waals surface area contributed by atoms with Gasteiger partial charge in [0, 0.05) is 37.3 Å². The van der Waals surface area contributed by atoms with E-state index in [2.05, 4.69) is 0 Å². The molecule has 1 aliphatic heterocycles. The standard InChI is InChI=1S/C18H31NO4/c1-11(2)7-16(20)14-9-19(5)10-15(14)18(22)13(12(3)4)8-17(21)23-6/h11-15H,7-10H2,1-6H3. The number of ketones is 2. The lowest BCUT2D eigenvalue weighted by Crippen LogP contribution is -2.36. The van der Waals surface area contributed by atoms with Crippen LogP contribution >= 0.6 is 0 Å². The molecule has 1 heterocycles. The van der Waals surface area contributed by atoms with Crippen LogP contribution in [0.4, 0.5) is 0 Å². The Hall–Kier alpha value is -1.23. The maximum absolute atomic E-state index is 13.0. The first-order valence-corrected chi connectivity index (χ1v) is 8.49. The number of likely N-dealkylation sites (tertiary alicyclic amines) is 1. The Bertz CT molecular complexity index is 444. The molecule has 0 aromatic rings. The van der Waals surface area contributed by atoms with E-state index in [0.717, 1.165) is 0 Å². The second-order valence-electron chi connectivity index (χ2n) is 7.53. The van der Waals surface area contributed by atoms with E-state index in [1.54, 1.807) is 0 Å². The third kappa shape index (κ3) is 5.41. The highest BCUT2D eigenvalue weighted by Crippen LogP contribution is 2.31. The number of hydrogen-bond donors (Lipinski definition) is 0. The largest absolute Gasteiger partial charge is 0.469 e. The molecule has 5 heteroatoms. The van der Waals surface area contributed by atoms with Crippen LogP contribution in [0.1, 0.15) is 40.5 Å². The van der Waals surface area contributed by atoms with Gasteiger partial charge in [-0.15, -0.1) is 0 Å². The van der Waals surface area contributed by atoms with Gasteiger partial charge < -0.3 is 9.64 Å². The molecule has 3 atom stereocenters. The molecule has 0 aromatic carbocycles. The first-order valence-electron chi connectivity index (χ1n) is 8.49. The maximum atomic E-state index is 13.0. The van der Waals surface area contributed by atoms with Crippen molar-refractivity contribution in [2.75, 3.05) is 27.2 Å². The Morgan fingerprint density at radius 1 is 1.04 bits per heavy atom. The second kappa shape index (κ2) is 8.57. The molecule has 0 aromatic heterocycles. The minimum absolute atomic E-state index is 0.0388. The molecule has 0 amide bonds. The van der Waals surface area contributed by atoms with E-state index in [1.807, 2.05) is 39.6 Å². The lowest BCUT2D eigenvalue weighted by Gasteiger charge is -2.25. The zero-order valence-corrected chi connectivity index (χ0v) is 15.3. The van der Waals surface area contributed by atoms with E-state index in [4.69, 9.17) is 4.74 Å². The fourth-order valence-corrected chi connectivity index (χ4v) is 3.37. The highest BCUT2D eigenvalue weighted by molar-refractivity contribution is 5.93. The molecule has 23 heavy (non-hydrogen) atoms. The number of hydrogen-bond acceptors (Lipinski definition) is 5. The molecular formula is C18H31NO4. The van der Waals surface area contributed by atoms with E-state index >= 15 is 0 Å². The SMILES string of the molecule is COC(=O)CC(C(=O)C1CN(C)CC1C(=O)CC(C)C)C(C)C. The summed E-state index contributed by atoms with van der Waals surface area (Å²) >= 11 is 0. The van der Waals surface area contributed by atoms with Crippen molar-refractivity contribution >= 4 is 17.5 Å². The lowest BCUT2D eigenvalue weighted by atomic mass is 9.77. The van der Waals surface area contributed by atoms with Crippen molar-refractivity contribution in [3.05, 3.63) is 0 Å². The van der Waals surface area contributed by atoms with Gasteiger partial charge >= 0.3 is 5.97 Å². The van der Waals surface area contributed by atoms with Crippen LogP contribution in [0.3, 0.4) is 0 Å². The zero-order chi connectivity index (χ0) is 17.7. The highest BCUT2D eigenvalue weighted by Gasteiger charge is 2.43. The predicted molar refractivity (Wildman–Crippen MR) is 88.9 cm³/mol. The molecule has 3 unspecified atom stereocenters. The average molecular weight is 325 g/mol. The lowest BCUT2D eigenvalue weighted by molar-refractivity contribution is -0.145. The molecule has 0 bridgehead atoms. The van der Waals surface area contributed by atoms with E-state index < -0.39 is 0 Å². The molecular weight excluding hydrogens is 294 g/mol. The van der Waals surface area contributed by atoms with Gasteiger partial charge in [0.05, 0.1) is 13.5 Å². The zero-order valence-electron chi connectivity index (χ0n) is 15.3. The summed E-state index contributed by atoms with van der Waals surface area (Å²) in [7, 11) is 3.27. The number of Topliss-reactive ketones (excluding diaryl/α,β-unsaturated/α-hetero) is 2. The number of carbonyl (C=O) groups is 3. The summed E-state index contributed by atoms with van der Waals surface area (Å²) in [6, 6.07) is 0. The van der Waals surface area contributed by atoms with Crippen molar-refractivity contribution < 1.29 is 19.1 Å². The van der Waals surface area contributed by atoms with Crippen LogP contribution in [-0.4, -0.2) is 49.7 Å². The Morgan fingerprint density at radius 2 is 1.61 bits per heavy atom. The van der Waals surface area contributed by atoms with Crippen LogP contribution in [0.2, 0.25) is 0 Å². The van der Waals surface area contributed by atoms with Crippen molar-refractivity contribution in [3.63, 3.8) is 0 Å². The summed E-state index contributed by atoms with van der Waals surface area (Å²) in [5, 5.41) is 0. The van der Waals surface area contributed by atoms with Crippen molar-refractivity contribution in [1.29, 1.82) is 0 Å². The summed E-state index contributed by atoms with van der Waals surface area (Å²) in [4.78, 5) is 39.2. The third-order valence-corrected chi connectivity index (χ3v) is 4.68. The average Bonchev–Trinajstić information content (AvgIpc) is 2.84. The summed E-state index contributed by atoms with van der Waals surface area (Å²) in [5.41, 5.74) is 0. The Labute approximate surface area is 139 Å². The van der Waals surface area contributed by atoms with Crippen molar-refractivity contribution in [2.24, 2.45) is 29.6 Å². The Morgan fingerprint density at radius 3 is 2.09 bits per heavy atom. The van der Waals surface area contributed by atoms with E-state index in [-0.39, 0.29) is 47.6 Å². The van der Waals surface area contributed by atoms with Gasteiger partial charge in [-0.05, 0) is 18.9 Å². The quantitative estimate of drug-likeness (QED) is 0.640. The number of methoxy groups -OCH3 is 1. The number of rotatable bonds is 8. The van der Waals surface area contributed by atoms with Crippen LogP contribution < -0.4 is 0 Å². The van der Waals surface area contributed by atoms with Gasteiger partial charge in [-0.1, -0.05) is 27.7 Å². The van der Waals surface area contributed by atoms with Crippen molar-refractivity contribution in [3.8, 4) is 0 Å².